The van der Waals surface area contributed by atoms with E-state index in [4.69, 9.17) is 9.97 Å². The highest BCUT2D eigenvalue weighted by Gasteiger charge is 2.39. The van der Waals surface area contributed by atoms with Crippen molar-refractivity contribution in [2.45, 2.75) is 89.1 Å². The molecule has 3 amide bonds. The van der Waals surface area contributed by atoms with Gasteiger partial charge in [-0.2, -0.15) is 4.98 Å². The van der Waals surface area contributed by atoms with Gasteiger partial charge >= 0.3 is 0 Å². The average molecular weight is 718 g/mol. The molecule has 4 aromatic rings. The van der Waals surface area contributed by atoms with Gasteiger partial charge in [0.05, 0.1) is 5.92 Å². The number of carbonyl (C=O) groups excluding carboxylic acids is 3. The van der Waals surface area contributed by atoms with Gasteiger partial charge in [0.1, 0.15) is 17.2 Å². The van der Waals surface area contributed by atoms with Gasteiger partial charge in [0.2, 0.25) is 17.8 Å². The molecule has 0 bridgehead atoms. The number of benzene rings is 1. The van der Waals surface area contributed by atoms with Crippen LogP contribution in [0.4, 0.5) is 17.5 Å². The van der Waals surface area contributed by atoms with E-state index >= 15 is 0 Å². The fraction of sp³-hybridized carbons (Fsp3) is 0.512. The maximum absolute atomic E-state index is 13.1. The summed E-state index contributed by atoms with van der Waals surface area (Å²) in [4.78, 5) is 57.9. The highest BCUT2D eigenvalue weighted by Crippen LogP contribution is 2.44. The zero-order chi connectivity index (χ0) is 36.7. The quantitative estimate of drug-likeness (QED) is 0.201. The molecule has 12 heteroatoms. The Hall–Kier alpha value is -4.84. The number of amides is 3. The minimum Gasteiger partial charge on any atom is -0.371 e. The molecule has 2 atom stereocenters. The SMILES string of the molecule is C[C@H](c1ccc(Nc2ncc3cc(C(=O)N(C)C)n(C4CCCC4)c3n2)nc1)N1CCC2(CCN(c3ccc([C@@H]4CCC(=O)NC4=O)cc3)CC2)CC1. The lowest BCUT2D eigenvalue weighted by molar-refractivity contribution is -0.134. The topological polar surface area (TPSA) is 129 Å². The number of likely N-dealkylation sites (tertiary alicyclic amines) is 1. The van der Waals surface area contributed by atoms with Crippen LogP contribution in [0.1, 0.15) is 111 Å². The van der Waals surface area contributed by atoms with Crippen molar-refractivity contribution >= 4 is 46.2 Å². The molecule has 2 N–H and O–H groups in total. The number of nitrogens with one attached hydrogen (secondary N) is 2. The molecule has 0 radical (unpaired) electrons. The molecule has 3 aromatic heterocycles. The molecule has 1 spiro atoms. The standard InChI is InChI=1S/C41H51N9O3/c1-27(48-20-16-41(17-21-48)18-22-49(23-19-41)31-11-8-28(9-12-31)33-13-15-36(51)45-38(33)52)29-10-14-35(42-25-29)44-40-43-26-30-24-34(39(53)47(2)3)50(37(30)46-40)32-6-4-5-7-32/h8-12,14,24-27,32-33H,4-7,13,15-23H2,1-3H3,(H,45,51,52)(H,42,43,44,46)/t27-,33+/m1/s1. The molecule has 4 aliphatic rings. The van der Waals surface area contributed by atoms with Crippen molar-refractivity contribution in [3.05, 3.63) is 71.7 Å². The van der Waals surface area contributed by atoms with Crippen LogP contribution in [0.25, 0.3) is 11.0 Å². The lowest BCUT2D eigenvalue weighted by Gasteiger charge is -2.48. The van der Waals surface area contributed by atoms with Gasteiger partial charge < -0.3 is 19.7 Å². The van der Waals surface area contributed by atoms with Crippen LogP contribution in [0.3, 0.4) is 0 Å². The smallest absolute Gasteiger partial charge is 0.270 e. The maximum Gasteiger partial charge on any atom is 0.270 e. The molecule has 1 aromatic carbocycles. The molecule has 3 aliphatic heterocycles. The third kappa shape index (κ3) is 7.13. The summed E-state index contributed by atoms with van der Waals surface area (Å²) in [6.45, 7) is 6.53. The van der Waals surface area contributed by atoms with Crippen molar-refractivity contribution in [1.29, 1.82) is 0 Å². The Morgan fingerprint density at radius 3 is 2.30 bits per heavy atom. The number of fused-ring (bicyclic) bond motifs is 1. The normalized spacial score (nSPS) is 21.6. The Bertz CT molecular complexity index is 1970. The maximum atomic E-state index is 13.1. The molecule has 1 aliphatic carbocycles. The van der Waals surface area contributed by atoms with E-state index in [0.717, 1.165) is 68.5 Å². The number of nitrogens with zero attached hydrogens (tertiary/aromatic N) is 7. The Balaban J connectivity index is 0.856. The molecule has 4 fully saturated rings. The van der Waals surface area contributed by atoms with Crippen LogP contribution in [-0.4, -0.2) is 87.3 Å². The summed E-state index contributed by atoms with van der Waals surface area (Å²) in [6, 6.07) is 15.0. The summed E-state index contributed by atoms with van der Waals surface area (Å²) < 4.78 is 2.13. The van der Waals surface area contributed by atoms with Crippen LogP contribution in [0.2, 0.25) is 0 Å². The van der Waals surface area contributed by atoms with Crippen LogP contribution < -0.4 is 15.5 Å². The predicted octanol–water partition coefficient (Wildman–Crippen LogP) is 6.35. The summed E-state index contributed by atoms with van der Waals surface area (Å²) >= 11 is 0. The molecular weight excluding hydrogens is 667 g/mol. The van der Waals surface area contributed by atoms with Gasteiger partial charge in [-0.1, -0.05) is 31.0 Å². The molecule has 0 unspecified atom stereocenters. The van der Waals surface area contributed by atoms with E-state index in [9.17, 15) is 14.4 Å². The summed E-state index contributed by atoms with van der Waals surface area (Å²) in [5.74, 6) is 0.559. The summed E-state index contributed by atoms with van der Waals surface area (Å²) in [6.07, 6.45) is 14.0. The number of hydrogen-bond acceptors (Lipinski definition) is 9. The molecule has 12 nitrogen and oxygen atoms in total. The van der Waals surface area contributed by atoms with Gasteiger partial charge in [-0.15, -0.1) is 0 Å². The predicted molar refractivity (Wildman–Crippen MR) is 205 cm³/mol. The summed E-state index contributed by atoms with van der Waals surface area (Å²) in [5, 5.41) is 6.66. The third-order valence-corrected chi connectivity index (χ3v) is 12.5. The van der Waals surface area contributed by atoms with Gasteiger partial charge in [0, 0.05) is 69.2 Å². The van der Waals surface area contributed by atoms with E-state index in [2.05, 4.69) is 67.2 Å². The van der Waals surface area contributed by atoms with Crippen LogP contribution in [-0.2, 0) is 9.59 Å². The van der Waals surface area contributed by atoms with E-state index in [0.29, 0.717) is 35.7 Å². The lowest BCUT2D eigenvalue weighted by Crippen LogP contribution is -2.47. The second kappa shape index (κ2) is 14.5. The second-order valence-electron chi connectivity index (χ2n) is 15.9. The monoisotopic (exact) mass is 717 g/mol. The summed E-state index contributed by atoms with van der Waals surface area (Å²) in [7, 11) is 3.58. The van der Waals surface area contributed by atoms with Crippen molar-refractivity contribution in [3.8, 4) is 0 Å². The number of imide groups is 1. The van der Waals surface area contributed by atoms with Gasteiger partial charge in [-0.3, -0.25) is 24.6 Å². The highest BCUT2D eigenvalue weighted by atomic mass is 16.2. The number of pyridine rings is 1. The largest absolute Gasteiger partial charge is 0.371 e. The first-order chi connectivity index (χ1) is 25.7. The van der Waals surface area contributed by atoms with Gasteiger partial charge in [-0.25, -0.2) is 9.97 Å². The zero-order valence-electron chi connectivity index (χ0n) is 31.2. The Morgan fingerprint density at radius 2 is 1.64 bits per heavy atom. The first-order valence-electron chi connectivity index (χ1n) is 19.4. The molecular formula is C41H51N9O3. The first kappa shape index (κ1) is 35.2. The molecule has 8 rings (SSSR count). The first-order valence-corrected chi connectivity index (χ1v) is 19.4. The molecule has 6 heterocycles. The van der Waals surface area contributed by atoms with E-state index in [1.807, 2.05) is 18.3 Å². The van der Waals surface area contributed by atoms with Crippen molar-refractivity contribution in [3.63, 3.8) is 0 Å². The van der Waals surface area contributed by atoms with Crippen molar-refractivity contribution < 1.29 is 14.4 Å². The lowest BCUT2D eigenvalue weighted by atomic mass is 9.71. The van der Waals surface area contributed by atoms with Gasteiger partial charge in [-0.05, 0) is 106 Å². The van der Waals surface area contributed by atoms with Gasteiger partial charge in [0.15, 0.2) is 0 Å². The zero-order valence-corrected chi connectivity index (χ0v) is 31.2. The van der Waals surface area contributed by atoms with E-state index in [1.54, 1.807) is 25.2 Å². The fourth-order valence-electron chi connectivity index (χ4n) is 9.10. The number of aromatic nitrogens is 4. The van der Waals surface area contributed by atoms with Crippen LogP contribution in [0.5, 0.6) is 0 Å². The Labute approximate surface area is 311 Å². The van der Waals surface area contributed by atoms with E-state index < -0.39 is 0 Å². The highest BCUT2D eigenvalue weighted by molar-refractivity contribution is 6.01. The number of hydrogen-bond donors (Lipinski definition) is 2. The molecule has 1 saturated carbocycles. The van der Waals surface area contributed by atoms with Gasteiger partial charge in [0.25, 0.3) is 5.91 Å². The van der Waals surface area contributed by atoms with Crippen LogP contribution in [0, 0.1) is 5.41 Å². The van der Waals surface area contributed by atoms with E-state index in [1.165, 1.54) is 36.9 Å². The number of rotatable bonds is 8. The van der Waals surface area contributed by atoms with Crippen molar-refractivity contribution in [2.24, 2.45) is 5.41 Å². The summed E-state index contributed by atoms with van der Waals surface area (Å²) in [5.41, 5.74) is 5.25. The van der Waals surface area contributed by atoms with Crippen LogP contribution in [0.15, 0.2) is 54.9 Å². The Morgan fingerprint density at radius 1 is 0.925 bits per heavy atom. The molecule has 278 valence electrons. The fourth-order valence-corrected chi connectivity index (χ4v) is 9.10. The molecule has 3 saturated heterocycles. The van der Waals surface area contributed by atoms with Crippen molar-refractivity contribution in [1.82, 2.24) is 34.6 Å². The van der Waals surface area contributed by atoms with Crippen LogP contribution >= 0.6 is 0 Å². The third-order valence-electron chi connectivity index (χ3n) is 12.5. The average Bonchev–Trinajstić information content (AvgIpc) is 3.84. The Kier molecular flexibility index (Phi) is 9.65. The minimum absolute atomic E-state index is 0.0160. The number of anilines is 3. The van der Waals surface area contributed by atoms with E-state index in [-0.39, 0.29) is 35.7 Å². The number of carbonyl (C=O) groups is 3. The second-order valence-corrected chi connectivity index (χ2v) is 15.9. The molecule has 53 heavy (non-hydrogen) atoms. The minimum atomic E-state index is -0.239. The number of piperidine rings is 3. The van der Waals surface area contributed by atoms with Crippen molar-refractivity contribution in [2.75, 3.05) is 50.5 Å².